The van der Waals surface area contributed by atoms with Gasteiger partial charge in [0.25, 0.3) is 5.56 Å². The Morgan fingerprint density at radius 3 is 2.46 bits per heavy atom. The van der Waals surface area contributed by atoms with Gasteiger partial charge >= 0.3 is 5.69 Å². The van der Waals surface area contributed by atoms with E-state index in [4.69, 9.17) is 10.7 Å². The molecule has 1 saturated heterocycles. The Kier molecular flexibility index (Phi) is 6.95. The fourth-order valence-electron chi connectivity index (χ4n) is 5.60. The molecule has 0 amide bonds. The van der Waals surface area contributed by atoms with Crippen molar-refractivity contribution in [2.24, 2.45) is 12.8 Å². The number of likely N-dealkylation sites (tertiary alicyclic amines) is 1. The Hall–Kier alpha value is -4.66. The number of hydrogen-bond donors (Lipinski definition) is 1. The Bertz CT molecular complexity index is 1940. The molecule has 3 aromatic heterocycles. The Labute approximate surface area is 236 Å². The van der Waals surface area contributed by atoms with Crippen LogP contribution in [0.5, 0.6) is 0 Å². The van der Waals surface area contributed by atoms with Crippen molar-refractivity contribution in [1.29, 1.82) is 5.26 Å². The maximum Gasteiger partial charge on any atom is 0.332 e. The highest BCUT2D eigenvalue weighted by atomic mass is 16.2. The average Bonchev–Trinajstić information content (AvgIpc) is 3.33. The van der Waals surface area contributed by atoms with Crippen LogP contribution in [0.25, 0.3) is 22.1 Å². The van der Waals surface area contributed by atoms with Crippen molar-refractivity contribution < 1.29 is 0 Å². The van der Waals surface area contributed by atoms with Gasteiger partial charge in [0.15, 0.2) is 11.2 Å². The maximum absolute atomic E-state index is 14.1. The van der Waals surface area contributed by atoms with E-state index in [1.165, 1.54) is 9.13 Å². The SMILES string of the molecule is Cc1nc(Cn2c(=O)c3c(nc(CN4CCC(N)CC4)n3Cc3ccccc3C#N)n(C)c2=O)nc2ccccc12. The van der Waals surface area contributed by atoms with Crippen LogP contribution in [0.3, 0.4) is 0 Å². The van der Waals surface area contributed by atoms with Gasteiger partial charge in [0.2, 0.25) is 0 Å². The van der Waals surface area contributed by atoms with Gasteiger partial charge in [-0.25, -0.2) is 19.7 Å². The highest BCUT2D eigenvalue weighted by Gasteiger charge is 2.24. The topological polar surface area (TPSA) is 141 Å². The van der Waals surface area contributed by atoms with E-state index in [2.05, 4.69) is 20.9 Å². The van der Waals surface area contributed by atoms with Crippen molar-refractivity contribution in [2.45, 2.75) is 45.4 Å². The second-order valence-corrected chi connectivity index (χ2v) is 10.6. The lowest BCUT2D eigenvalue weighted by Gasteiger charge is -2.29. The first-order chi connectivity index (χ1) is 19.8. The number of para-hydroxylation sites is 1. The molecule has 0 bridgehead atoms. The minimum absolute atomic E-state index is 0.0770. The standard InChI is InChI=1S/C30H31N9O2/c1-19-23-9-5-6-10-24(23)34-25(33-19)17-39-29(40)27-28(36(2)30(39)41)35-26(18-37-13-11-22(32)12-14-37)38(27)16-21-8-4-3-7-20(21)15-31/h3-10,22H,11-14,16-18,32H2,1-2H3. The smallest absolute Gasteiger partial charge is 0.328 e. The molecule has 41 heavy (non-hydrogen) atoms. The average molecular weight is 550 g/mol. The fraction of sp³-hybridized carbons (Fsp3) is 0.333. The Morgan fingerprint density at radius 2 is 1.68 bits per heavy atom. The summed E-state index contributed by atoms with van der Waals surface area (Å²) in [7, 11) is 1.62. The summed E-state index contributed by atoms with van der Waals surface area (Å²) in [6.45, 7) is 4.21. The van der Waals surface area contributed by atoms with E-state index < -0.39 is 11.2 Å². The normalized spacial score (nSPS) is 14.6. The zero-order valence-corrected chi connectivity index (χ0v) is 23.1. The van der Waals surface area contributed by atoms with Crippen molar-refractivity contribution in [1.82, 2.24) is 33.6 Å². The lowest BCUT2D eigenvalue weighted by atomic mass is 10.1. The van der Waals surface area contributed by atoms with Gasteiger partial charge in [-0.15, -0.1) is 0 Å². The first-order valence-electron chi connectivity index (χ1n) is 13.7. The van der Waals surface area contributed by atoms with Gasteiger partial charge in [0, 0.05) is 37.3 Å². The van der Waals surface area contributed by atoms with E-state index in [9.17, 15) is 14.9 Å². The first-order valence-corrected chi connectivity index (χ1v) is 13.7. The van der Waals surface area contributed by atoms with E-state index in [0.29, 0.717) is 34.9 Å². The number of imidazole rings is 1. The van der Waals surface area contributed by atoms with Crippen LogP contribution in [0.4, 0.5) is 0 Å². The molecular weight excluding hydrogens is 518 g/mol. The van der Waals surface area contributed by atoms with Crippen LogP contribution in [0, 0.1) is 18.3 Å². The molecule has 5 aromatic rings. The molecule has 6 rings (SSSR count). The fourth-order valence-corrected chi connectivity index (χ4v) is 5.60. The lowest BCUT2D eigenvalue weighted by Crippen LogP contribution is -2.40. The zero-order chi connectivity index (χ0) is 28.7. The van der Waals surface area contributed by atoms with Crippen molar-refractivity contribution in [3.8, 4) is 6.07 Å². The van der Waals surface area contributed by atoms with Crippen LogP contribution in [0.1, 0.15) is 41.3 Å². The summed E-state index contributed by atoms with van der Waals surface area (Å²) in [5.41, 5.74) is 8.60. The van der Waals surface area contributed by atoms with Crippen LogP contribution in [0.2, 0.25) is 0 Å². The summed E-state index contributed by atoms with van der Waals surface area (Å²) in [6.07, 6.45) is 1.77. The Morgan fingerprint density at radius 1 is 0.951 bits per heavy atom. The third-order valence-corrected chi connectivity index (χ3v) is 7.91. The number of nitrogens with two attached hydrogens (primary N) is 1. The van der Waals surface area contributed by atoms with Gasteiger partial charge < -0.3 is 10.3 Å². The number of hydrogen-bond acceptors (Lipinski definition) is 8. The summed E-state index contributed by atoms with van der Waals surface area (Å²) in [5, 5.41) is 10.7. The van der Waals surface area contributed by atoms with Gasteiger partial charge in [0.1, 0.15) is 11.6 Å². The molecule has 0 radical (unpaired) electrons. The summed E-state index contributed by atoms with van der Waals surface area (Å²) >= 11 is 0. The predicted octanol–water partition coefficient (Wildman–Crippen LogP) is 2.04. The molecule has 0 saturated carbocycles. The number of aryl methyl sites for hydroxylation is 2. The molecule has 1 fully saturated rings. The molecule has 2 aromatic carbocycles. The van der Waals surface area contributed by atoms with Crippen LogP contribution in [-0.2, 0) is 26.7 Å². The second-order valence-electron chi connectivity index (χ2n) is 10.6. The van der Waals surface area contributed by atoms with E-state index in [1.807, 2.05) is 54.0 Å². The first kappa shape index (κ1) is 26.6. The summed E-state index contributed by atoms with van der Waals surface area (Å²) < 4.78 is 4.43. The number of piperidine rings is 1. The molecule has 0 spiro atoms. The highest BCUT2D eigenvalue weighted by molar-refractivity contribution is 5.80. The third kappa shape index (κ3) is 4.92. The third-order valence-electron chi connectivity index (χ3n) is 7.91. The van der Waals surface area contributed by atoms with Gasteiger partial charge in [-0.2, -0.15) is 5.26 Å². The molecule has 2 N–H and O–H groups in total. The van der Waals surface area contributed by atoms with Crippen LogP contribution < -0.4 is 17.0 Å². The van der Waals surface area contributed by atoms with Crippen molar-refractivity contribution in [2.75, 3.05) is 13.1 Å². The second kappa shape index (κ2) is 10.7. The molecule has 11 nitrogen and oxygen atoms in total. The summed E-state index contributed by atoms with van der Waals surface area (Å²) in [6, 6.07) is 17.4. The molecule has 208 valence electrons. The minimum atomic E-state index is -0.491. The largest absolute Gasteiger partial charge is 0.332 e. The van der Waals surface area contributed by atoms with E-state index in [-0.39, 0.29) is 19.1 Å². The lowest BCUT2D eigenvalue weighted by molar-refractivity contribution is 0.199. The number of benzene rings is 2. The van der Waals surface area contributed by atoms with Crippen molar-refractivity contribution in [3.63, 3.8) is 0 Å². The van der Waals surface area contributed by atoms with Gasteiger partial charge in [-0.05, 0) is 37.5 Å². The molecule has 11 heteroatoms. The van der Waals surface area contributed by atoms with Gasteiger partial charge in [-0.1, -0.05) is 36.4 Å². The van der Waals surface area contributed by atoms with Crippen molar-refractivity contribution in [3.05, 3.63) is 97.8 Å². The zero-order valence-electron chi connectivity index (χ0n) is 23.1. The molecular formula is C30H31N9O2. The highest BCUT2D eigenvalue weighted by Crippen LogP contribution is 2.20. The number of fused-ring (bicyclic) bond motifs is 2. The monoisotopic (exact) mass is 549 g/mol. The molecule has 0 atom stereocenters. The van der Waals surface area contributed by atoms with Crippen LogP contribution in [-0.4, -0.2) is 52.7 Å². The number of nitrogens with zero attached hydrogens (tertiary/aromatic N) is 8. The summed E-state index contributed by atoms with van der Waals surface area (Å²) in [5.74, 6) is 1.04. The maximum atomic E-state index is 14.1. The van der Waals surface area contributed by atoms with E-state index in [1.54, 1.807) is 13.1 Å². The van der Waals surface area contributed by atoms with Gasteiger partial charge in [-0.3, -0.25) is 18.8 Å². The number of nitriles is 1. The molecule has 0 aliphatic carbocycles. The molecule has 0 unspecified atom stereocenters. The van der Waals surface area contributed by atoms with E-state index >= 15 is 0 Å². The molecule has 1 aliphatic rings. The molecule has 4 heterocycles. The van der Waals surface area contributed by atoms with Crippen LogP contribution >= 0.6 is 0 Å². The Balaban J connectivity index is 1.50. The number of aromatic nitrogens is 6. The van der Waals surface area contributed by atoms with E-state index in [0.717, 1.165) is 48.1 Å². The number of rotatable bonds is 6. The van der Waals surface area contributed by atoms with Crippen molar-refractivity contribution >= 4 is 22.1 Å². The van der Waals surface area contributed by atoms with Gasteiger partial charge in [0.05, 0.1) is 36.8 Å². The quantitative estimate of drug-likeness (QED) is 0.339. The summed E-state index contributed by atoms with van der Waals surface area (Å²) in [4.78, 5) is 43.9. The van der Waals surface area contributed by atoms with Crippen LogP contribution in [0.15, 0.2) is 58.1 Å². The minimum Gasteiger partial charge on any atom is -0.328 e. The molecule has 1 aliphatic heterocycles. The predicted molar refractivity (Wildman–Crippen MR) is 155 cm³/mol.